The molecule has 2 N–H and O–H groups in total. The Hall–Kier alpha value is -3.81. The highest BCUT2D eigenvalue weighted by Gasteiger charge is 2.16. The Balaban J connectivity index is 1.61. The van der Waals surface area contributed by atoms with Gasteiger partial charge in [-0.1, -0.05) is 11.2 Å². The second-order valence-corrected chi connectivity index (χ2v) is 6.68. The zero-order valence-corrected chi connectivity index (χ0v) is 17.2. The molecule has 0 atom stereocenters. The Bertz CT molecular complexity index is 1070. The van der Waals surface area contributed by atoms with Gasteiger partial charge in [-0.15, -0.1) is 0 Å². The summed E-state index contributed by atoms with van der Waals surface area (Å²) in [6.45, 7) is 3.77. The lowest BCUT2D eigenvalue weighted by Crippen LogP contribution is -2.33. The molecule has 0 saturated heterocycles. The predicted octanol–water partition coefficient (Wildman–Crippen LogP) is 3.34. The number of benzene rings is 2. The van der Waals surface area contributed by atoms with E-state index in [1.165, 1.54) is 13.2 Å². The van der Waals surface area contributed by atoms with Crippen molar-refractivity contribution in [1.82, 2.24) is 10.5 Å². The van der Waals surface area contributed by atoms with Gasteiger partial charge in [0.2, 0.25) is 5.91 Å². The van der Waals surface area contributed by atoms with Crippen LogP contribution in [0.3, 0.4) is 0 Å². The van der Waals surface area contributed by atoms with Crippen molar-refractivity contribution in [3.05, 3.63) is 59.3 Å². The topological polar surface area (TPSA) is 103 Å². The molecule has 0 aliphatic heterocycles. The van der Waals surface area contributed by atoms with Crippen molar-refractivity contribution >= 4 is 17.5 Å². The Morgan fingerprint density at radius 1 is 0.967 bits per heavy atom. The molecular weight excluding hydrogens is 386 g/mol. The first-order chi connectivity index (χ1) is 14.4. The van der Waals surface area contributed by atoms with Crippen molar-refractivity contribution in [3.63, 3.8) is 0 Å². The van der Waals surface area contributed by atoms with Gasteiger partial charge in [0, 0.05) is 17.3 Å². The van der Waals surface area contributed by atoms with Crippen LogP contribution in [0.15, 0.2) is 47.0 Å². The quantitative estimate of drug-likeness (QED) is 0.620. The number of hydrogen-bond donors (Lipinski definition) is 2. The van der Waals surface area contributed by atoms with Gasteiger partial charge in [-0.3, -0.25) is 9.59 Å². The first-order valence-corrected chi connectivity index (χ1v) is 9.25. The number of methoxy groups -OCH3 is 2. The van der Waals surface area contributed by atoms with E-state index in [2.05, 4.69) is 15.8 Å². The standard InChI is InChI=1S/C22H23N3O5/c1-13-5-7-16(9-14(13)2)24-21(26)12-23-22(27)17-11-19(30-25-17)15-6-8-18(28-3)20(10-15)29-4/h5-11H,12H2,1-4H3,(H,23,27)(H,24,26). The van der Waals surface area contributed by atoms with Gasteiger partial charge in [0.15, 0.2) is 23.0 Å². The molecule has 0 bridgehead atoms. The molecule has 2 aromatic carbocycles. The van der Waals surface area contributed by atoms with Gasteiger partial charge in [-0.2, -0.15) is 0 Å². The molecule has 0 spiro atoms. The third-order valence-corrected chi connectivity index (χ3v) is 4.61. The summed E-state index contributed by atoms with van der Waals surface area (Å²) in [4.78, 5) is 24.4. The second-order valence-electron chi connectivity index (χ2n) is 6.68. The third-order valence-electron chi connectivity index (χ3n) is 4.61. The zero-order valence-electron chi connectivity index (χ0n) is 17.2. The molecule has 0 saturated carbocycles. The first-order valence-electron chi connectivity index (χ1n) is 9.25. The number of nitrogens with one attached hydrogen (secondary N) is 2. The smallest absolute Gasteiger partial charge is 0.273 e. The number of aromatic nitrogens is 1. The van der Waals surface area contributed by atoms with Crippen LogP contribution in [0.25, 0.3) is 11.3 Å². The molecule has 0 unspecified atom stereocenters. The average Bonchev–Trinajstić information content (AvgIpc) is 3.24. The van der Waals surface area contributed by atoms with Crippen molar-refractivity contribution in [3.8, 4) is 22.8 Å². The van der Waals surface area contributed by atoms with Gasteiger partial charge in [0.1, 0.15) is 0 Å². The second kappa shape index (κ2) is 9.13. The van der Waals surface area contributed by atoms with E-state index in [-0.39, 0.29) is 18.1 Å². The van der Waals surface area contributed by atoms with E-state index in [1.54, 1.807) is 25.3 Å². The summed E-state index contributed by atoms with van der Waals surface area (Å²) in [6, 6.07) is 12.3. The first kappa shape index (κ1) is 20.9. The van der Waals surface area contributed by atoms with Crippen LogP contribution in [0.2, 0.25) is 0 Å². The Morgan fingerprint density at radius 3 is 2.43 bits per heavy atom. The maximum atomic E-state index is 12.3. The maximum absolute atomic E-state index is 12.3. The molecule has 0 aliphatic carbocycles. The molecule has 3 rings (SSSR count). The predicted molar refractivity (Wildman–Crippen MR) is 112 cm³/mol. The van der Waals surface area contributed by atoms with E-state index in [4.69, 9.17) is 14.0 Å². The van der Waals surface area contributed by atoms with Crippen molar-refractivity contribution < 1.29 is 23.6 Å². The number of hydrogen-bond acceptors (Lipinski definition) is 6. The molecule has 30 heavy (non-hydrogen) atoms. The highest BCUT2D eigenvalue weighted by molar-refractivity contribution is 5.98. The van der Waals surface area contributed by atoms with Crippen LogP contribution >= 0.6 is 0 Å². The maximum Gasteiger partial charge on any atom is 0.273 e. The van der Waals surface area contributed by atoms with E-state index in [1.807, 2.05) is 32.0 Å². The van der Waals surface area contributed by atoms with Gasteiger partial charge in [0.05, 0.1) is 20.8 Å². The molecule has 8 heteroatoms. The summed E-state index contributed by atoms with van der Waals surface area (Å²) in [5, 5.41) is 9.06. The summed E-state index contributed by atoms with van der Waals surface area (Å²) in [5.74, 6) is 0.644. The van der Waals surface area contributed by atoms with E-state index < -0.39 is 5.91 Å². The van der Waals surface area contributed by atoms with Crippen LogP contribution in [-0.2, 0) is 4.79 Å². The minimum absolute atomic E-state index is 0.0683. The number of nitrogens with zero attached hydrogens (tertiary/aromatic N) is 1. The van der Waals surface area contributed by atoms with Crippen LogP contribution in [0.1, 0.15) is 21.6 Å². The molecule has 3 aromatic rings. The van der Waals surface area contributed by atoms with E-state index in [0.717, 1.165) is 11.1 Å². The molecule has 1 heterocycles. The summed E-state index contributed by atoms with van der Waals surface area (Å²) in [7, 11) is 3.08. The molecular formula is C22H23N3O5. The lowest BCUT2D eigenvalue weighted by molar-refractivity contribution is -0.115. The summed E-state index contributed by atoms with van der Waals surface area (Å²) in [5.41, 5.74) is 3.62. The third kappa shape index (κ3) is 4.78. The van der Waals surface area contributed by atoms with Crippen LogP contribution in [0.5, 0.6) is 11.5 Å². The summed E-state index contributed by atoms with van der Waals surface area (Å²) < 4.78 is 15.7. The molecule has 156 valence electrons. The highest BCUT2D eigenvalue weighted by atomic mass is 16.5. The van der Waals surface area contributed by atoms with Crippen LogP contribution in [-0.4, -0.2) is 37.7 Å². The van der Waals surface area contributed by atoms with Crippen LogP contribution in [0.4, 0.5) is 5.69 Å². The summed E-state index contributed by atoms with van der Waals surface area (Å²) in [6.07, 6.45) is 0. The van der Waals surface area contributed by atoms with Gasteiger partial charge in [0.25, 0.3) is 5.91 Å². The zero-order chi connectivity index (χ0) is 21.7. The number of anilines is 1. The fourth-order valence-corrected chi connectivity index (χ4v) is 2.78. The van der Waals surface area contributed by atoms with Crippen molar-refractivity contribution in [2.45, 2.75) is 13.8 Å². The fraction of sp³-hybridized carbons (Fsp3) is 0.227. The number of amides is 2. The van der Waals surface area contributed by atoms with Crippen LogP contribution in [0, 0.1) is 13.8 Å². The van der Waals surface area contributed by atoms with Gasteiger partial charge in [-0.05, 0) is 55.3 Å². The van der Waals surface area contributed by atoms with Gasteiger partial charge >= 0.3 is 0 Å². The summed E-state index contributed by atoms with van der Waals surface area (Å²) >= 11 is 0. The Morgan fingerprint density at radius 2 is 1.73 bits per heavy atom. The monoisotopic (exact) mass is 409 g/mol. The Labute approximate surface area is 174 Å². The minimum atomic E-state index is -0.513. The molecule has 0 fully saturated rings. The normalized spacial score (nSPS) is 10.4. The van der Waals surface area contributed by atoms with E-state index >= 15 is 0 Å². The van der Waals surface area contributed by atoms with Crippen molar-refractivity contribution in [1.29, 1.82) is 0 Å². The molecule has 0 aliphatic rings. The Kier molecular flexibility index (Phi) is 6.36. The number of ether oxygens (including phenoxy) is 2. The molecule has 1 aromatic heterocycles. The largest absolute Gasteiger partial charge is 0.493 e. The molecule has 0 radical (unpaired) electrons. The van der Waals surface area contributed by atoms with Gasteiger partial charge in [-0.25, -0.2) is 0 Å². The minimum Gasteiger partial charge on any atom is -0.493 e. The van der Waals surface area contributed by atoms with Crippen LogP contribution < -0.4 is 20.1 Å². The van der Waals surface area contributed by atoms with Crippen molar-refractivity contribution in [2.75, 3.05) is 26.1 Å². The SMILES string of the molecule is COc1ccc(-c2cc(C(=O)NCC(=O)Nc3ccc(C)c(C)c3)no2)cc1OC. The fourth-order valence-electron chi connectivity index (χ4n) is 2.78. The number of rotatable bonds is 7. The molecule has 8 nitrogen and oxygen atoms in total. The van der Waals surface area contributed by atoms with Gasteiger partial charge < -0.3 is 24.6 Å². The number of carbonyl (C=O) groups excluding carboxylic acids is 2. The number of carbonyl (C=O) groups is 2. The lowest BCUT2D eigenvalue weighted by Gasteiger charge is -2.08. The highest BCUT2D eigenvalue weighted by Crippen LogP contribution is 2.32. The average molecular weight is 409 g/mol. The van der Waals surface area contributed by atoms with E-state index in [9.17, 15) is 9.59 Å². The lowest BCUT2D eigenvalue weighted by atomic mass is 10.1. The van der Waals surface area contributed by atoms with E-state index in [0.29, 0.717) is 28.5 Å². The van der Waals surface area contributed by atoms with Crippen molar-refractivity contribution in [2.24, 2.45) is 0 Å². The number of aryl methyl sites for hydroxylation is 2. The molecule has 2 amide bonds.